The second-order valence-corrected chi connectivity index (χ2v) is 3.31. The molecule has 1 aromatic carbocycles. The van der Waals surface area contributed by atoms with Crippen molar-refractivity contribution in [2.75, 3.05) is 0 Å². The first-order chi connectivity index (χ1) is 7.68. The molecule has 0 N–H and O–H groups in total. The molecule has 2 nitrogen and oxygen atoms in total. The second-order valence-electron chi connectivity index (χ2n) is 3.31. The molecule has 0 aliphatic carbocycles. The van der Waals surface area contributed by atoms with E-state index >= 15 is 0 Å². The number of carbonyl (C=O) groups is 1. The van der Waals surface area contributed by atoms with Gasteiger partial charge in [0.25, 0.3) is 0 Å². The molecular formula is C14H14O2. The molecule has 0 heterocycles. The first-order valence-electron chi connectivity index (χ1n) is 5.09. The number of ether oxygens (including phenoxy) is 1. The van der Waals surface area contributed by atoms with Gasteiger partial charge >= 0.3 is 5.97 Å². The van der Waals surface area contributed by atoms with Gasteiger partial charge in [0.15, 0.2) is 0 Å². The van der Waals surface area contributed by atoms with Gasteiger partial charge in [0.2, 0.25) is 0 Å². The number of carbonyl (C=O) groups excluding carboxylic acids is 1. The number of esters is 1. The van der Waals surface area contributed by atoms with E-state index in [-0.39, 0.29) is 12.1 Å². The molecule has 0 aliphatic heterocycles. The molecule has 0 spiro atoms. The summed E-state index contributed by atoms with van der Waals surface area (Å²) in [4.78, 5) is 10.6. The largest absolute Gasteiger partial charge is 0.459 e. The van der Waals surface area contributed by atoms with Crippen molar-refractivity contribution in [2.24, 2.45) is 0 Å². The first kappa shape index (κ1) is 12.1. The molecule has 16 heavy (non-hydrogen) atoms. The summed E-state index contributed by atoms with van der Waals surface area (Å²) < 4.78 is 4.91. The Hall–Kier alpha value is -2.01. The van der Waals surface area contributed by atoms with E-state index in [4.69, 9.17) is 4.74 Å². The number of rotatable bonds is 2. The Morgan fingerprint density at radius 3 is 2.69 bits per heavy atom. The van der Waals surface area contributed by atoms with Gasteiger partial charge in [-0.3, -0.25) is 4.79 Å². The van der Waals surface area contributed by atoms with Crippen LogP contribution >= 0.6 is 0 Å². The van der Waals surface area contributed by atoms with Crippen LogP contribution in [0.3, 0.4) is 0 Å². The van der Waals surface area contributed by atoms with E-state index in [1.807, 2.05) is 30.3 Å². The summed E-state index contributed by atoms with van der Waals surface area (Å²) in [5.41, 5.74) is 0.965. The van der Waals surface area contributed by atoms with Crippen molar-refractivity contribution in [1.82, 2.24) is 0 Å². The third-order valence-corrected chi connectivity index (χ3v) is 1.79. The van der Waals surface area contributed by atoms with Gasteiger partial charge in [-0.15, -0.1) is 0 Å². The van der Waals surface area contributed by atoms with Crippen LogP contribution in [-0.2, 0) is 9.53 Å². The predicted octanol–water partition coefficient (Wildman–Crippen LogP) is 2.55. The van der Waals surface area contributed by atoms with Crippen LogP contribution in [0.5, 0.6) is 0 Å². The lowest BCUT2D eigenvalue weighted by molar-refractivity contribution is -0.143. The van der Waals surface area contributed by atoms with Crippen molar-refractivity contribution in [3.8, 4) is 11.8 Å². The van der Waals surface area contributed by atoms with Crippen molar-refractivity contribution >= 4 is 5.97 Å². The van der Waals surface area contributed by atoms with Crippen molar-refractivity contribution in [3.63, 3.8) is 0 Å². The van der Waals surface area contributed by atoms with Crippen LogP contribution in [0, 0.1) is 11.8 Å². The maximum Gasteiger partial charge on any atom is 0.303 e. The summed E-state index contributed by atoms with van der Waals surface area (Å²) in [6.45, 7) is 3.18. The van der Waals surface area contributed by atoms with E-state index in [0.717, 1.165) is 5.56 Å². The lowest BCUT2D eigenvalue weighted by atomic mass is 10.2. The molecule has 1 atom stereocenters. The van der Waals surface area contributed by atoms with Crippen LogP contribution in [0.15, 0.2) is 42.5 Å². The molecule has 0 saturated carbocycles. The molecular weight excluding hydrogens is 200 g/mol. The Morgan fingerprint density at radius 1 is 1.38 bits per heavy atom. The van der Waals surface area contributed by atoms with Gasteiger partial charge in [-0.1, -0.05) is 30.0 Å². The van der Waals surface area contributed by atoms with E-state index in [1.54, 1.807) is 19.1 Å². The Balaban J connectivity index is 2.48. The van der Waals surface area contributed by atoms with Gasteiger partial charge in [-0.25, -0.2) is 0 Å². The molecule has 2 heteroatoms. The van der Waals surface area contributed by atoms with Crippen molar-refractivity contribution < 1.29 is 9.53 Å². The van der Waals surface area contributed by atoms with E-state index in [0.29, 0.717) is 0 Å². The number of hydrogen-bond donors (Lipinski definition) is 0. The topological polar surface area (TPSA) is 26.3 Å². The molecule has 1 rings (SSSR count). The van der Waals surface area contributed by atoms with E-state index in [2.05, 4.69) is 11.8 Å². The molecule has 0 radical (unpaired) electrons. The van der Waals surface area contributed by atoms with Gasteiger partial charge in [0, 0.05) is 12.5 Å². The van der Waals surface area contributed by atoms with Crippen LogP contribution in [0.1, 0.15) is 19.4 Å². The van der Waals surface area contributed by atoms with Crippen LogP contribution in [0.2, 0.25) is 0 Å². The molecule has 0 unspecified atom stereocenters. The number of allylic oxidation sites excluding steroid dienone is 1. The fourth-order valence-corrected chi connectivity index (χ4v) is 1.13. The van der Waals surface area contributed by atoms with Crippen molar-refractivity contribution in [3.05, 3.63) is 48.0 Å². The monoisotopic (exact) mass is 214 g/mol. The minimum Gasteiger partial charge on any atom is -0.459 e. The molecule has 0 aromatic heterocycles. The SMILES string of the molecule is CC(=O)O[C@@H](C)/C=C/C#Cc1ccccc1. The molecule has 0 aliphatic rings. The van der Waals surface area contributed by atoms with Crippen LogP contribution in [0.25, 0.3) is 0 Å². The Bertz CT molecular complexity index is 421. The summed E-state index contributed by atoms with van der Waals surface area (Å²) in [5, 5.41) is 0. The van der Waals surface area contributed by atoms with Crippen molar-refractivity contribution in [1.29, 1.82) is 0 Å². The summed E-state index contributed by atoms with van der Waals surface area (Å²) in [7, 11) is 0. The highest BCUT2D eigenvalue weighted by molar-refractivity contribution is 5.66. The smallest absolute Gasteiger partial charge is 0.303 e. The fourth-order valence-electron chi connectivity index (χ4n) is 1.13. The van der Waals surface area contributed by atoms with Crippen LogP contribution < -0.4 is 0 Å². The molecule has 0 amide bonds. The van der Waals surface area contributed by atoms with E-state index in [1.165, 1.54) is 6.92 Å². The lowest BCUT2D eigenvalue weighted by Crippen LogP contribution is -2.08. The highest BCUT2D eigenvalue weighted by atomic mass is 16.5. The average molecular weight is 214 g/mol. The number of hydrogen-bond acceptors (Lipinski definition) is 2. The highest BCUT2D eigenvalue weighted by Crippen LogP contribution is 1.95. The third-order valence-electron chi connectivity index (χ3n) is 1.79. The number of benzene rings is 1. The Morgan fingerprint density at radius 2 is 2.06 bits per heavy atom. The zero-order valence-electron chi connectivity index (χ0n) is 9.44. The lowest BCUT2D eigenvalue weighted by Gasteiger charge is -2.04. The summed E-state index contributed by atoms with van der Waals surface area (Å²) in [5.74, 6) is 5.58. The van der Waals surface area contributed by atoms with Gasteiger partial charge in [0.05, 0.1) is 0 Å². The molecule has 82 valence electrons. The van der Waals surface area contributed by atoms with E-state index in [9.17, 15) is 4.79 Å². The molecule has 0 bridgehead atoms. The Labute approximate surface area is 95.9 Å². The zero-order valence-corrected chi connectivity index (χ0v) is 9.44. The van der Waals surface area contributed by atoms with Gasteiger partial charge in [-0.05, 0) is 31.2 Å². The van der Waals surface area contributed by atoms with Crippen LogP contribution in [-0.4, -0.2) is 12.1 Å². The molecule has 0 saturated heterocycles. The van der Waals surface area contributed by atoms with E-state index < -0.39 is 0 Å². The summed E-state index contributed by atoms with van der Waals surface area (Å²) in [6, 6.07) is 9.71. The first-order valence-corrected chi connectivity index (χ1v) is 5.09. The second kappa shape index (κ2) is 6.47. The normalized spacial score (nSPS) is 11.6. The maximum atomic E-state index is 10.6. The Kier molecular flexibility index (Phi) is 4.88. The summed E-state index contributed by atoms with van der Waals surface area (Å²) >= 11 is 0. The minimum absolute atomic E-state index is 0.234. The van der Waals surface area contributed by atoms with Gasteiger partial charge < -0.3 is 4.74 Å². The molecule has 1 aromatic rings. The highest BCUT2D eigenvalue weighted by Gasteiger charge is 1.97. The van der Waals surface area contributed by atoms with Gasteiger partial charge in [-0.2, -0.15) is 0 Å². The fraction of sp³-hybridized carbons (Fsp3) is 0.214. The van der Waals surface area contributed by atoms with Crippen LogP contribution in [0.4, 0.5) is 0 Å². The zero-order chi connectivity index (χ0) is 11.8. The summed E-state index contributed by atoms with van der Waals surface area (Å²) in [6.07, 6.45) is 3.21. The predicted molar refractivity (Wildman–Crippen MR) is 63.7 cm³/mol. The standard InChI is InChI=1S/C14H14O2/c1-12(16-13(2)15)8-6-7-11-14-9-4-3-5-10-14/h3-6,8-10,12H,1-2H3/b8-6+/t12-/m0/s1. The third kappa shape index (κ3) is 5.02. The quantitative estimate of drug-likeness (QED) is 0.558. The average Bonchev–Trinajstić information content (AvgIpc) is 2.25. The maximum absolute atomic E-state index is 10.6. The van der Waals surface area contributed by atoms with Crippen molar-refractivity contribution in [2.45, 2.75) is 20.0 Å². The molecule has 0 fully saturated rings. The minimum atomic E-state index is -0.284. The van der Waals surface area contributed by atoms with Gasteiger partial charge in [0.1, 0.15) is 6.10 Å².